The predicted molar refractivity (Wildman–Crippen MR) is 84.2 cm³/mol. The highest BCUT2D eigenvalue weighted by atomic mass is 16.5. The molecule has 0 unspecified atom stereocenters. The first-order valence-corrected chi connectivity index (χ1v) is 7.99. The van der Waals surface area contributed by atoms with Crippen LogP contribution in [-0.2, 0) is 6.54 Å². The van der Waals surface area contributed by atoms with E-state index in [1.54, 1.807) is 12.0 Å². The van der Waals surface area contributed by atoms with Gasteiger partial charge in [-0.15, -0.1) is 0 Å². The Balaban J connectivity index is 2.20. The van der Waals surface area contributed by atoms with Crippen molar-refractivity contribution < 1.29 is 15.0 Å². The summed E-state index contributed by atoms with van der Waals surface area (Å²) in [6.07, 6.45) is 2.64. The molecule has 0 heterocycles. The molecule has 0 saturated carbocycles. The molecule has 1 aromatic rings. The van der Waals surface area contributed by atoms with E-state index in [2.05, 4.69) is 38.2 Å². The van der Waals surface area contributed by atoms with E-state index in [1.807, 2.05) is 12.1 Å². The molecule has 114 valence electrons. The molecule has 0 aliphatic rings. The second-order valence-electron chi connectivity index (χ2n) is 5.61. The van der Waals surface area contributed by atoms with Gasteiger partial charge in [0.2, 0.25) is 0 Å². The lowest BCUT2D eigenvalue weighted by Gasteiger charge is -2.16. The topological polar surface area (TPSA) is 30.3 Å². The molecule has 1 atom stereocenters. The molecule has 0 radical (unpaired) electrons. The Morgan fingerprint density at radius 1 is 1.15 bits per heavy atom. The molecule has 3 N–H and O–H groups in total. The van der Waals surface area contributed by atoms with Crippen LogP contribution in [0.1, 0.15) is 39.2 Å². The van der Waals surface area contributed by atoms with Crippen LogP contribution in [0.15, 0.2) is 24.3 Å². The lowest BCUT2D eigenvalue weighted by atomic mass is 10.1. The van der Waals surface area contributed by atoms with Crippen LogP contribution in [0.25, 0.3) is 0 Å². The summed E-state index contributed by atoms with van der Waals surface area (Å²) in [6, 6.07) is 9.09. The minimum atomic E-state index is 0.701. The molecule has 1 aromatic carbocycles. The van der Waals surface area contributed by atoms with Crippen molar-refractivity contribution in [2.45, 2.75) is 46.2 Å². The average Bonchev–Trinajstić information content (AvgIpc) is 2.50. The zero-order valence-corrected chi connectivity index (χ0v) is 13.6. The van der Waals surface area contributed by atoms with Crippen LogP contribution < -0.4 is 15.0 Å². The maximum atomic E-state index is 5.18. The quantitative estimate of drug-likeness (QED) is 0.654. The highest BCUT2D eigenvalue weighted by Crippen LogP contribution is 2.10. The molecule has 0 aromatic heterocycles. The molecular weight excluding hydrogens is 248 g/mol. The third-order valence-electron chi connectivity index (χ3n) is 4.10. The fourth-order valence-electron chi connectivity index (χ4n) is 2.49. The Morgan fingerprint density at radius 2 is 1.80 bits per heavy atom. The Hall–Kier alpha value is -1.06. The second kappa shape index (κ2) is 9.78. The van der Waals surface area contributed by atoms with Crippen LogP contribution in [0.4, 0.5) is 0 Å². The summed E-state index contributed by atoms with van der Waals surface area (Å²) >= 11 is 0. The molecule has 0 fully saturated rings. The third kappa shape index (κ3) is 6.40. The van der Waals surface area contributed by atoms with Crippen molar-refractivity contribution in [3.8, 4) is 5.75 Å². The molecule has 0 aliphatic heterocycles. The van der Waals surface area contributed by atoms with Gasteiger partial charge in [0, 0.05) is 18.4 Å². The highest BCUT2D eigenvalue weighted by molar-refractivity contribution is 5.26. The Labute approximate surface area is 124 Å². The van der Waals surface area contributed by atoms with Gasteiger partial charge in [0.1, 0.15) is 12.3 Å². The van der Waals surface area contributed by atoms with Crippen molar-refractivity contribution in [3.63, 3.8) is 0 Å². The number of nitrogens with two attached hydrogens (primary N) is 1. The first-order valence-electron chi connectivity index (χ1n) is 7.99. The molecule has 0 amide bonds. The number of rotatable bonds is 10. The molecule has 0 aliphatic carbocycles. The van der Waals surface area contributed by atoms with Crippen LogP contribution in [0.3, 0.4) is 0 Å². The maximum Gasteiger partial charge on any atom is 0.118 e. The summed E-state index contributed by atoms with van der Waals surface area (Å²) in [5, 5.41) is 2.44. The number of methoxy groups -OCH3 is 1. The van der Waals surface area contributed by atoms with Crippen LogP contribution >= 0.6 is 0 Å². The zero-order chi connectivity index (χ0) is 14.8. The third-order valence-corrected chi connectivity index (χ3v) is 4.10. The maximum absolute atomic E-state index is 5.18. The molecule has 0 saturated heterocycles. The number of ether oxygens (including phenoxy) is 1. The molecule has 0 spiro atoms. The van der Waals surface area contributed by atoms with Gasteiger partial charge in [-0.3, -0.25) is 0 Å². The second-order valence-corrected chi connectivity index (χ2v) is 5.61. The summed E-state index contributed by atoms with van der Waals surface area (Å²) in [6.45, 7) is 11.8. The normalized spacial score (nSPS) is 12.7. The van der Waals surface area contributed by atoms with Gasteiger partial charge < -0.3 is 15.0 Å². The van der Waals surface area contributed by atoms with E-state index in [-0.39, 0.29) is 0 Å². The van der Waals surface area contributed by atoms with Crippen LogP contribution in [-0.4, -0.2) is 32.8 Å². The van der Waals surface area contributed by atoms with Crippen molar-refractivity contribution >= 4 is 0 Å². The monoisotopic (exact) mass is 280 g/mol. The Bertz CT molecular complexity index is 347. The van der Waals surface area contributed by atoms with Gasteiger partial charge >= 0.3 is 0 Å². The number of hydrogen-bond donors (Lipinski definition) is 2. The lowest BCUT2D eigenvalue weighted by Crippen LogP contribution is -3.11. The van der Waals surface area contributed by atoms with Gasteiger partial charge in [0.05, 0.1) is 32.8 Å². The summed E-state index contributed by atoms with van der Waals surface area (Å²) in [7, 11) is 1.71. The Kier molecular flexibility index (Phi) is 8.31. The fraction of sp³-hybridized carbons (Fsp3) is 0.647. The van der Waals surface area contributed by atoms with E-state index in [4.69, 9.17) is 4.74 Å². The number of nitrogens with one attached hydrogen (secondary N) is 1. The van der Waals surface area contributed by atoms with Crippen molar-refractivity contribution in [3.05, 3.63) is 29.8 Å². The van der Waals surface area contributed by atoms with E-state index in [1.165, 1.54) is 38.0 Å². The van der Waals surface area contributed by atoms with Crippen molar-refractivity contribution in [2.24, 2.45) is 0 Å². The van der Waals surface area contributed by atoms with Crippen molar-refractivity contribution in [1.82, 2.24) is 0 Å². The van der Waals surface area contributed by atoms with E-state index in [0.717, 1.165) is 12.3 Å². The zero-order valence-electron chi connectivity index (χ0n) is 13.6. The number of quaternary nitrogens is 2. The molecule has 0 bridgehead atoms. The average molecular weight is 280 g/mol. The highest BCUT2D eigenvalue weighted by Gasteiger charge is 2.08. The van der Waals surface area contributed by atoms with Gasteiger partial charge in [-0.05, 0) is 45.0 Å². The van der Waals surface area contributed by atoms with E-state index in [0.29, 0.717) is 6.04 Å². The fourth-order valence-corrected chi connectivity index (χ4v) is 2.49. The number of benzene rings is 1. The molecule has 1 rings (SSSR count). The lowest BCUT2D eigenvalue weighted by molar-refractivity contribution is -0.896. The molecule has 3 nitrogen and oxygen atoms in total. The van der Waals surface area contributed by atoms with Gasteiger partial charge in [0.15, 0.2) is 0 Å². The largest absolute Gasteiger partial charge is 0.497 e. The first kappa shape index (κ1) is 17.0. The van der Waals surface area contributed by atoms with Crippen LogP contribution in [0.5, 0.6) is 5.75 Å². The van der Waals surface area contributed by atoms with E-state index < -0.39 is 0 Å². The van der Waals surface area contributed by atoms with Crippen molar-refractivity contribution in [2.75, 3.05) is 26.7 Å². The molecule has 3 heteroatoms. The summed E-state index contributed by atoms with van der Waals surface area (Å²) in [4.78, 5) is 1.72. The predicted octanol–water partition coefficient (Wildman–Crippen LogP) is 0.852. The summed E-state index contributed by atoms with van der Waals surface area (Å²) in [5.74, 6) is 0.934. The van der Waals surface area contributed by atoms with Crippen molar-refractivity contribution in [1.29, 1.82) is 0 Å². The molecular formula is C17H32N2O+2. The van der Waals surface area contributed by atoms with Gasteiger partial charge in [-0.2, -0.15) is 0 Å². The van der Waals surface area contributed by atoms with Gasteiger partial charge in [0.25, 0.3) is 0 Å². The Morgan fingerprint density at radius 3 is 2.35 bits per heavy atom. The summed E-state index contributed by atoms with van der Waals surface area (Å²) < 4.78 is 5.18. The molecule has 20 heavy (non-hydrogen) atoms. The van der Waals surface area contributed by atoms with E-state index >= 15 is 0 Å². The van der Waals surface area contributed by atoms with Gasteiger partial charge in [-0.25, -0.2) is 0 Å². The standard InChI is InChI=1S/C17H30N2O/c1-5-19(6-2)13-7-8-15(3)18-14-16-9-11-17(20-4)12-10-16/h9-12,15,18H,5-8,13-14H2,1-4H3/p+2/t15-/m0/s1. The smallest absolute Gasteiger partial charge is 0.118 e. The van der Waals surface area contributed by atoms with Crippen LogP contribution in [0, 0.1) is 0 Å². The minimum absolute atomic E-state index is 0.701. The van der Waals surface area contributed by atoms with Crippen LogP contribution in [0.2, 0.25) is 0 Å². The first-order chi connectivity index (χ1) is 9.69. The minimum Gasteiger partial charge on any atom is -0.497 e. The van der Waals surface area contributed by atoms with Gasteiger partial charge in [-0.1, -0.05) is 0 Å². The summed E-state index contributed by atoms with van der Waals surface area (Å²) in [5.41, 5.74) is 1.37. The van der Waals surface area contributed by atoms with E-state index in [9.17, 15) is 0 Å². The number of hydrogen-bond acceptors (Lipinski definition) is 1. The SMILES string of the molecule is CC[NH+](CC)CCC[C@H](C)[NH2+]Cc1ccc(OC)cc1.